The highest BCUT2D eigenvalue weighted by Gasteiger charge is 2.10. The van der Waals surface area contributed by atoms with E-state index >= 15 is 0 Å². The first-order valence-corrected chi connectivity index (χ1v) is 7.29. The Hall–Kier alpha value is -1.09. The molecule has 2 nitrogen and oxygen atoms in total. The molecule has 1 N–H and O–H groups in total. The summed E-state index contributed by atoms with van der Waals surface area (Å²) in [5, 5.41) is 4.71. The molecule has 2 rings (SSSR count). The van der Waals surface area contributed by atoms with Gasteiger partial charge in [-0.1, -0.05) is 35.8 Å². The van der Waals surface area contributed by atoms with Crippen LogP contribution in [-0.2, 0) is 6.42 Å². The van der Waals surface area contributed by atoms with Crippen LogP contribution in [-0.4, -0.2) is 11.5 Å². The maximum atomic E-state index is 4.75. The maximum absolute atomic E-state index is 4.75. The van der Waals surface area contributed by atoms with Crippen LogP contribution < -0.4 is 5.32 Å². The Morgan fingerprint density at radius 2 is 2.06 bits per heavy atom. The molecule has 96 valence electrons. The molecule has 1 aromatic carbocycles. The third-order valence-corrected chi connectivity index (χ3v) is 3.75. The largest absolute Gasteiger partial charge is 0.384 e. The molecule has 0 fully saturated rings. The van der Waals surface area contributed by atoms with Crippen molar-refractivity contribution in [3.63, 3.8) is 0 Å². The number of aromatic nitrogens is 1. The molecular formula is C15H19BrN2. The van der Waals surface area contributed by atoms with Gasteiger partial charge in [-0.2, -0.15) is 0 Å². The topological polar surface area (TPSA) is 24.9 Å². The molecule has 1 heterocycles. The van der Waals surface area contributed by atoms with Crippen LogP contribution in [0.2, 0.25) is 0 Å². The lowest BCUT2D eigenvalue weighted by molar-refractivity contribution is 0.977. The van der Waals surface area contributed by atoms with Crippen LogP contribution in [0.25, 0.3) is 10.9 Å². The molecular weight excluding hydrogens is 288 g/mol. The Morgan fingerprint density at radius 1 is 1.28 bits per heavy atom. The fraction of sp³-hybridized carbons (Fsp3) is 0.400. The van der Waals surface area contributed by atoms with E-state index in [1.165, 1.54) is 16.6 Å². The highest BCUT2D eigenvalue weighted by molar-refractivity contribution is 9.10. The van der Waals surface area contributed by atoms with E-state index in [1.807, 2.05) is 0 Å². The Bertz CT molecular complexity index is 564. The van der Waals surface area contributed by atoms with Crippen LogP contribution in [0, 0.1) is 6.92 Å². The van der Waals surface area contributed by atoms with Gasteiger partial charge in [0, 0.05) is 27.8 Å². The first-order valence-electron chi connectivity index (χ1n) is 6.50. The maximum Gasteiger partial charge on any atom is 0.0766 e. The second-order valence-corrected chi connectivity index (χ2v) is 5.38. The van der Waals surface area contributed by atoms with E-state index in [-0.39, 0.29) is 0 Å². The lowest BCUT2D eigenvalue weighted by Crippen LogP contribution is -2.03. The van der Waals surface area contributed by atoms with Crippen molar-refractivity contribution in [1.29, 1.82) is 0 Å². The summed E-state index contributed by atoms with van der Waals surface area (Å²) in [6, 6.07) is 6.38. The fourth-order valence-electron chi connectivity index (χ4n) is 2.07. The standard InChI is InChI=1S/C15H19BrN2/c1-4-8-17-13-9-11(5-2)18-15-10(3)6-7-12(16)14(13)15/h6-7,9H,4-5,8H2,1-3H3,(H,17,18). The number of nitrogens with one attached hydrogen (secondary N) is 1. The summed E-state index contributed by atoms with van der Waals surface area (Å²) in [6.45, 7) is 7.43. The summed E-state index contributed by atoms with van der Waals surface area (Å²) < 4.78 is 1.11. The zero-order valence-electron chi connectivity index (χ0n) is 11.2. The summed E-state index contributed by atoms with van der Waals surface area (Å²) >= 11 is 3.64. The second kappa shape index (κ2) is 5.70. The highest BCUT2D eigenvalue weighted by atomic mass is 79.9. The quantitative estimate of drug-likeness (QED) is 0.886. The van der Waals surface area contributed by atoms with Crippen LogP contribution >= 0.6 is 15.9 Å². The summed E-state index contributed by atoms with van der Waals surface area (Å²) in [5.41, 5.74) is 4.65. The van der Waals surface area contributed by atoms with Crippen molar-refractivity contribution in [2.24, 2.45) is 0 Å². The molecule has 1 aromatic heterocycles. The first-order chi connectivity index (χ1) is 8.67. The number of fused-ring (bicyclic) bond motifs is 1. The van der Waals surface area contributed by atoms with Crippen LogP contribution in [0.5, 0.6) is 0 Å². The Morgan fingerprint density at radius 3 is 2.72 bits per heavy atom. The molecule has 0 atom stereocenters. The van der Waals surface area contributed by atoms with E-state index in [4.69, 9.17) is 4.98 Å². The molecule has 0 aliphatic carbocycles. The van der Waals surface area contributed by atoms with E-state index in [0.29, 0.717) is 0 Å². The van der Waals surface area contributed by atoms with Crippen molar-refractivity contribution in [3.05, 3.63) is 33.9 Å². The Kier molecular flexibility index (Phi) is 4.23. The number of halogens is 1. The molecule has 2 aromatic rings. The smallest absolute Gasteiger partial charge is 0.0766 e. The minimum absolute atomic E-state index is 0.961. The summed E-state index contributed by atoms with van der Waals surface area (Å²) in [6.07, 6.45) is 2.08. The average molecular weight is 307 g/mol. The fourth-order valence-corrected chi connectivity index (χ4v) is 2.60. The average Bonchev–Trinajstić information content (AvgIpc) is 2.39. The molecule has 0 saturated carbocycles. The third-order valence-electron chi connectivity index (χ3n) is 3.09. The van der Waals surface area contributed by atoms with Crippen molar-refractivity contribution in [1.82, 2.24) is 4.98 Å². The van der Waals surface area contributed by atoms with Gasteiger partial charge >= 0.3 is 0 Å². The van der Waals surface area contributed by atoms with Gasteiger partial charge in [0.05, 0.1) is 5.52 Å². The van der Waals surface area contributed by atoms with Crippen molar-refractivity contribution in [3.8, 4) is 0 Å². The number of aryl methyl sites for hydroxylation is 2. The minimum atomic E-state index is 0.961. The van der Waals surface area contributed by atoms with Crippen LogP contribution in [0.4, 0.5) is 5.69 Å². The molecule has 3 heteroatoms. The third kappa shape index (κ3) is 2.51. The molecule has 0 amide bonds. The molecule has 0 saturated heterocycles. The van der Waals surface area contributed by atoms with Crippen molar-refractivity contribution in [2.75, 3.05) is 11.9 Å². The SMILES string of the molecule is CCCNc1cc(CC)nc2c(C)ccc(Br)c12. The molecule has 0 aliphatic heterocycles. The first kappa shape index (κ1) is 13.3. The van der Waals surface area contributed by atoms with Gasteiger partial charge in [-0.3, -0.25) is 4.98 Å². The van der Waals surface area contributed by atoms with Crippen molar-refractivity contribution >= 4 is 32.5 Å². The lowest BCUT2D eigenvalue weighted by atomic mass is 10.1. The second-order valence-electron chi connectivity index (χ2n) is 4.53. The predicted octanol–water partition coefficient (Wildman–Crippen LogP) is 4.69. The zero-order valence-corrected chi connectivity index (χ0v) is 12.8. The van der Waals surface area contributed by atoms with E-state index in [2.05, 4.69) is 60.2 Å². The van der Waals surface area contributed by atoms with E-state index in [1.54, 1.807) is 0 Å². The van der Waals surface area contributed by atoms with Gasteiger partial charge in [0.1, 0.15) is 0 Å². The summed E-state index contributed by atoms with van der Waals surface area (Å²) in [5.74, 6) is 0. The molecule has 0 aliphatic rings. The zero-order chi connectivity index (χ0) is 13.1. The number of benzene rings is 1. The van der Waals surface area contributed by atoms with Gasteiger partial charge in [0.2, 0.25) is 0 Å². The van der Waals surface area contributed by atoms with Crippen LogP contribution in [0.3, 0.4) is 0 Å². The number of hydrogen-bond donors (Lipinski definition) is 1. The Balaban J connectivity index is 2.68. The van der Waals surface area contributed by atoms with Gasteiger partial charge in [-0.25, -0.2) is 0 Å². The number of rotatable bonds is 4. The van der Waals surface area contributed by atoms with Crippen molar-refractivity contribution < 1.29 is 0 Å². The van der Waals surface area contributed by atoms with E-state index < -0.39 is 0 Å². The van der Waals surface area contributed by atoms with Gasteiger partial charge in [0.25, 0.3) is 0 Å². The van der Waals surface area contributed by atoms with Gasteiger partial charge in [-0.15, -0.1) is 0 Å². The molecule has 0 radical (unpaired) electrons. The lowest BCUT2D eigenvalue weighted by Gasteiger charge is -2.13. The summed E-state index contributed by atoms with van der Waals surface area (Å²) in [4.78, 5) is 4.75. The number of hydrogen-bond acceptors (Lipinski definition) is 2. The van der Waals surface area contributed by atoms with E-state index in [0.717, 1.165) is 35.1 Å². The molecule has 0 unspecified atom stereocenters. The number of anilines is 1. The Labute approximate surface area is 117 Å². The van der Waals surface area contributed by atoms with Gasteiger partial charge in [0.15, 0.2) is 0 Å². The van der Waals surface area contributed by atoms with Gasteiger partial charge < -0.3 is 5.32 Å². The monoisotopic (exact) mass is 306 g/mol. The minimum Gasteiger partial charge on any atom is -0.384 e. The molecule has 0 spiro atoms. The normalized spacial score (nSPS) is 10.9. The van der Waals surface area contributed by atoms with Gasteiger partial charge in [-0.05, 0) is 37.5 Å². The molecule has 0 bridgehead atoms. The number of pyridine rings is 1. The summed E-state index contributed by atoms with van der Waals surface area (Å²) in [7, 11) is 0. The van der Waals surface area contributed by atoms with Crippen LogP contribution in [0.15, 0.2) is 22.7 Å². The molecule has 18 heavy (non-hydrogen) atoms. The number of nitrogens with zero attached hydrogens (tertiary/aromatic N) is 1. The van der Waals surface area contributed by atoms with Crippen molar-refractivity contribution in [2.45, 2.75) is 33.6 Å². The predicted molar refractivity (Wildman–Crippen MR) is 82.3 cm³/mol. The highest BCUT2D eigenvalue weighted by Crippen LogP contribution is 2.32. The van der Waals surface area contributed by atoms with E-state index in [9.17, 15) is 0 Å². The van der Waals surface area contributed by atoms with Crippen LogP contribution in [0.1, 0.15) is 31.5 Å².